The fourth-order valence-corrected chi connectivity index (χ4v) is 2.34. The van der Waals surface area contributed by atoms with Crippen LogP contribution in [0.25, 0.3) is 0 Å². The van der Waals surface area contributed by atoms with Crippen LogP contribution >= 0.6 is 0 Å². The van der Waals surface area contributed by atoms with Gasteiger partial charge >= 0.3 is 0 Å². The Morgan fingerprint density at radius 2 is 2.13 bits per heavy atom. The number of anilines is 1. The maximum atomic E-state index is 10.9. The molecule has 6 heteroatoms. The zero-order valence-corrected chi connectivity index (χ0v) is 12.9. The molecule has 2 aromatic carbocycles. The molecule has 2 rings (SSSR count). The quantitative estimate of drug-likeness (QED) is 0.498. The third-order valence-corrected chi connectivity index (χ3v) is 3.60. The van der Waals surface area contributed by atoms with Gasteiger partial charge in [0.2, 0.25) is 0 Å². The summed E-state index contributed by atoms with van der Waals surface area (Å²) in [5.74, 6) is 0. The molecule has 0 bridgehead atoms. The van der Waals surface area contributed by atoms with Gasteiger partial charge in [-0.1, -0.05) is 12.1 Å². The van der Waals surface area contributed by atoms with Crippen LogP contribution in [0.4, 0.5) is 11.4 Å². The van der Waals surface area contributed by atoms with E-state index in [2.05, 4.69) is 11.4 Å². The molecular formula is C17H16N4O2. The van der Waals surface area contributed by atoms with Gasteiger partial charge in [-0.05, 0) is 37.1 Å². The van der Waals surface area contributed by atoms with Gasteiger partial charge in [0, 0.05) is 30.0 Å². The van der Waals surface area contributed by atoms with E-state index in [0.717, 1.165) is 11.1 Å². The van der Waals surface area contributed by atoms with Crippen molar-refractivity contribution >= 4 is 17.1 Å². The molecule has 0 heterocycles. The molecule has 6 nitrogen and oxygen atoms in total. The molecule has 0 radical (unpaired) electrons. The normalized spacial score (nSPS) is 9.96. The number of nitrogens with zero attached hydrogens (tertiary/aromatic N) is 2. The van der Waals surface area contributed by atoms with E-state index in [1.807, 2.05) is 19.1 Å². The van der Waals surface area contributed by atoms with Gasteiger partial charge in [0.05, 0.1) is 22.2 Å². The maximum Gasteiger partial charge on any atom is 0.271 e. The Bertz CT molecular complexity index is 822. The largest absolute Gasteiger partial charge is 0.380 e. The number of non-ortho nitro benzene ring substituents is 1. The lowest BCUT2D eigenvalue weighted by Crippen LogP contribution is -2.08. The van der Waals surface area contributed by atoms with E-state index in [9.17, 15) is 15.4 Å². The van der Waals surface area contributed by atoms with E-state index in [1.165, 1.54) is 12.1 Å². The van der Waals surface area contributed by atoms with Gasteiger partial charge in [-0.3, -0.25) is 10.1 Å². The Morgan fingerprint density at radius 3 is 2.74 bits per heavy atom. The maximum absolute atomic E-state index is 10.9. The summed E-state index contributed by atoms with van der Waals surface area (Å²) in [6, 6.07) is 12.0. The first-order valence-corrected chi connectivity index (χ1v) is 7.00. The van der Waals surface area contributed by atoms with Gasteiger partial charge in [0.25, 0.3) is 5.69 Å². The minimum Gasteiger partial charge on any atom is -0.380 e. The van der Waals surface area contributed by atoms with E-state index >= 15 is 0 Å². The van der Waals surface area contributed by atoms with E-state index in [-0.39, 0.29) is 5.69 Å². The fourth-order valence-electron chi connectivity index (χ4n) is 2.34. The number of aryl methyl sites for hydroxylation is 1. The number of nitro groups is 1. The summed E-state index contributed by atoms with van der Waals surface area (Å²) < 4.78 is 0. The second kappa shape index (κ2) is 6.71. The molecule has 2 aromatic rings. The molecule has 0 aliphatic rings. The molecule has 0 atom stereocenters. The van der Waals surface area contributed by atoms with Gasteiger partial charge in [-0.15, -0.1) is 0 Å². The highest BCUT2D eigenvalue weighted by Crippen LogP contribution is 2.24. The number of hydrogen-bond acceptors (Lipinski definition) is 5. The van der Waals surface area contributed by atoms with Crippen LogP contribution in [0, 0.1) is 33.8 Å². The van der Waals surface area contributed by atoms with Crippen LogP contribution in [0.15, 0.2) is 36.4 Å². The second-order valence-corrected chi connectivity index (χ2v) is 5.18. The van der Waals surface area contributed by atoms with Gasteiger partial charge in [-0.2, -0.15) is 5.26 Å². The molecule has 23 heavy (non-hydrogen) atoms. The Hall–Kier alpha value is -3.20. The van der Waals surface area contributed by atoms with Gasteiger partial charge < -0.3 is 10.7 Å². The molecule has 0 aromatic heterocycles. The van der Waals surface area contributed by atoms with Crippen molar-refractivity contribution in [2.45, 2.75) is 20.4 Å². The Kier molecular flexibility index (Phi) is 4.72. The summed E-state index contributed by atoms with van der Waals surface area (Å²) in [5.41, 5.74) is 3.76. The van der Waals surface area contributed by atoms with Crippen LogP contribution in [-0.4, -0.2) is 10.6 Å². The van der Waals surface area contributed by atoms with Crippen molar-refractivity contribution < 1.29 is 4.92 Å². The lowest BCUT2D eigenvalue weighted by Gasteiger charge is -2.13. The van der Waals surface area contributed by atoms with Crippen molar-refractivity contribution in [3.05, 3.63) is 68.8 Å². The average molecular weight is 308 g/mol. The Labute approximate surface area is 134 Å². The summed E-state index contributed by atoms with van der Waals surface area (Å²) in [7, 11) is 0. The van der Waals surface area contributed by atoms with Gasteiger partial charge in [0.15, 0.2) is 0 Å². The number of rotatable bonds is 5. The number of nitriles is 1. The number of benzene rings is 2. The fraction of sp³-hybridized carbons (Fsp3) is 0.176. The van der Waals surface area contributed by atoms with Crippen LogP contribution in [0.5, 0.6) is 0 Å². The predicted molar refractivity (Wildman–Crippen MR) is 88.8 cm³/mol. The lowest BCUT2D eigenvalue weighted by molar-refractivity contribution is -0.384. The van der Waals surface area contributed by atoms with Crippen LogP contribution < -0.4 is 5.32 Å². The molecule has 116 valence electrons. The molecule has 0 fully saturated rings. The van der Waals surface area contributed by atoms with Crippen LogP contribution in [0.1, 0.15) is 29.2 Å². The standard InChI is InChI=1S/C17H16N4O2/c1-11-4-3-5-13(9-18)16(11)10-20-17-8-14(21(22)23)6-7-15(17)12(2)19/h3-8,19-20H,10H2,1-2H3. The minimum absolute atomic E-state index is 0.0391. The Balaban J connectivity index is 2.37. The zero-order chi connectivity index (χ0) is 17.0. The van der Waals surface area contributed by atoms with Crippen molar-refractivity contribution in [2.24, 2.45) is 0 Å². The molecule has 0 aliphatic carbocycles. The molecule has 0 spiro atoms. The highest BCUT2D eigenvalue weighted by molar-refractivity contribution is 6.01. The summed E-state index contributed by atoms with van der Waals surface area (Å²) in [5, 5.41) is 31.1. The topological polar surface area (TPSA) is 103 Å². The van der Waals surface area contributed by atoms with Crippen LogP contribution in [0.3, 0.4) is 0 Å². The number of hydrogen-bond donors (Lipinski definition) is 2. The van der Waals surface area contributed by atoms with Crippen molar-refractivity contribution in [2.75, 3.05) is 5.32 Å². The Morgan fingerprint density at radius 1 is 1.39 bits per heavy atom. The molecular weight excluding hydrogens is 292 g/mol. The molecule has 0 aliphatic heterocycles. The molecule has 0 saturated heterocycles. The van der Waals surface area contributed by atoms with Crippen LogP contribution in [0.2, 0.25) is 0 Å². The SMILES string of the molecule is CC(=N)c1ccc([N+](=O)[O-])cc1NCc1c(C)cccc1C#N. The number of nitro benzene ring substituents is 1. The second-order valence-electron chi connectivity index (χ2n) is 5.18. The van der Waals surface area contributed by atoms with E-state index in [0.29, 0.717) is 29.1 Å². The highest BCUT2D eigenvalue weighted by Gasteiger charge is 2.13. The highest BCUT2D eigenvalue weighted by atomic mass is 16.6. The summed E-state index contributed by atoms with van der Waals surface area (Å²) in [6.07, 6.45) is 0. The first-order chi connectivity index (χ1) is 10.9. The zero-order valence-electron chi connectivity index (χ0n) is 12.9. The van der Waals surface area contributed by atoms with Gasteiger partial charge in [-0.25, -0.2) is 0 Å². The summed E-state index contributed by atoms with van der Waals surface area (Å²) >= 11 is 0. The third kappa shape index (κ3) is 3.52. The first kappa shape index (κ1) is 16.2. The van der Waals surface area contributed by atoms with Crippen LogP contribution in [-0.2, 0) is 6.54 Å². The summed E-state index contributed by atoms with van der Waals surface area (Å²) in [6.45, 7) is 3.89. The lowest BCUT2D eigenvalue weighted by atomic mass is 10.0. The molecule has 2 N–H and O–H groups in total. The molecule has 0 amide bonds. The van der Waals surface area contributed by atoms with Crippen molar-refractivity contribution in [3.8, 4) is 6.07 Å². The smallest absolute Gasteiger partial charge is 0.271 e. The van der Waals surface area contributed by atoms with Gasteiger partial charge in [0.1, 0.15) is 0 Å². The summed E-state index contributed by atoms with van der Waals surface area (Å²) in [4.78, 5) is 10.5. The minimum atomic E-state index is -0.470. The van der Waals surface area contributed by atoms with Crippen molar-refractivity contribution in [1.29, 1.82) is 10.7 Å². The molecule has 0 unspecified atom stereocenters. The monoisotopic (exact) mass is 308 g/mol. The third-order valence-electron chi connectivity index (χ3n) is 3.60. The van der Waals surface area contributed by atoms with E-state index in [1.54, 1.807) is 19.1 Å². The van der Waals surface area contributed by atoms with E-state index < -0.39 is 4.92 Å². The van der Waals surface area contributed by atoms with E-state index in [4.69, 9.17) is 5.41 Å². The molecule has 0 saturated carbocycles. The number of nitrogens with one attached hydrogen (secondary N) is 2. The predicted octanol–water partition coefficient (Wildman–Crippen LogP) is 3.77. The van der Waals surface area contributed by atoms with Crippen molar-refractivity contribution in [3.63, 3.8) is 0 Å². The first-order valence-electron chi connectivity index (χ1n) is 7.00. The average Bonchev–Trinajstić information content (AvgIpc) is 2.52. The van der Waals surface area contributed by atoms with Crippen molar-refractivity contribution in [1.82, 2.24) is 0 Å².